The summed E-state index contributed by atoms with van der Waals surface area (Å²) in [6, 6.07) is -1.16. The molecule has 0 bridgehead atoms. The van der Waals surface area contributed by atoms with E-state index in [1.807, 2.05) is 6.26 Å². The molecule has 3 N–H and O–H groups in total. The first-order valence-electron chi connectivity index (χ1n) is 6.89. The summed E-state index contributed by atoms with van der Waals surface area (Å²) in [7, 11) is 0. The molecular weight excluding hydrogens is 264 g/mol. The van der Waals surface area contributed by atoms with Crippen LogP contribution in [0.5, 0.6) is 0 Å². The lowest BCUT2D eigenvalue weighted by atomic mass is 10.0. The zero-order valence-corrected chi connectivity index (χ0v) is 12.3. The molecule has 1 atom stereocenters. The molecule has 0 spiro atoms. The van der Waals surface area contributed by atoms with Crippen molar-refractivity contribution in [3.05, 3.63) is 0 Å². The minimum absolute atomic E-state index is 0.369. The summed E-state index contributed by atoms with van der Waals surface area (Å²) in [4.78, 5) is 22.6. The van der Waals surface area contributed by atoms with Crippen molar-refractivity contribution in [2.24, 2.45) is 5.92 Å². The van der Waals surface area contributed by atoms with E-state index in [9.17, 15) is 9.59 Å². The lowest BCUT2D eigenvalue weighted by Gasteiger charge is -2.15. The van der Waals surface area contributed by atoms with Gasteiger partial charge in [0, 0.05) is 6.54 Å². The number of carbonyl (C=O) groups excluding carboxylic acids is 1. The van der Waals surface area contributed by atoms with Crippen molar-refractivity contribution in [2.75, 3.05) is 18.6 Å². The van der Waals surface area contributed by atoms with Crippen molar-refractivity contribution in [2.45, 2.75) is 44.6 Å². The van der Waals surface area contributed by atoms with E-state index in [2.05, 4.69) is 10.6 Å². The second kappa shape index (κ2) is 9.07. The molecule has 0 aromatic heterocycles. The van der Waals surface area contributed by atoms with Crippen LogP contribution in [-0.2, 0) is 4.79 Å². The topological polar surface area (TPSA) is 78.4 Å². The van der Waals surface area contributed by atoms with Crippen LogP contribution in [0.15, 0.2) is 0 Å². The maximum Gasteiger partial charge on any atom is 0.326 e. The number of carboxylic acid groups (broad SMARTS) is 1. The molecule has 0 radical (unpaired) electrons. The van der Waals surface area contributed by atoms with Crippen molar-refractivity contribution < 1.29 is 14.7 Å². The van der Waals surface area contributed by atoms with Gasteiger partial charge < -0.3 is 15.7 Å². The number of urea groups is 1. The summed E-state index contributed by atoms with van der Waals surface area (Å²) in [6.07, 6.45) is 8.48. The van der Waals surface area contributed by atoms with E-state index >= 15 is 0 Å². The molecular formula is C13H24N2O3S. The van der Waals surface area contributed by atoms with Gasteiger partial charge in [-0.3, -0.25) is 0 Å². The van der Waals surface area contributed by atoms with Crippen LogP contribution >= 0.6 is 11.8 Å². The lowest BCUT2D eigenvalue weighted by Crippen LogP contribution is -2.46. The summed E-state index contributed by atoms with van der Waals surface area (Å²) in [5.41, 5.74) is 0. The van der Waals surface area contributed by atoms with Crippen molar-refractivity contribution in [1.82, 2.24) is 10.6 Å². The van der Waals surface area contributed by atoms with Gasteiger partial charge in [0.05, 0.1) is 0 Å². The van der Waals surface area contributed by atoms with Crippen LogP contribution in [0.4, 0.5) is 4.79 Å². The number of aliphatic carboxylic acids is 1. The molecule has 19 heavy (non-hydrogen) atoms. The maximum atomic E-state index is 11.6. The van der Waals surface area contributed by atoms with Gasteiger partial charge in [0.25, 0.3) is 0 Å². The van der Waals surface area contributed by atoms with Gasteiger partial charge in [0.1, 0.15) is 6.04 Å². The molecule has 6 heteroatoms. The highest BCUT2D eigenvalue weighted by Gasteiger charge is 2.19. The third-order valence-corrected chi connectivity index (χ3v) is 4.17. The Morgan fingerprint density at radius 1 is 1.37 bits per heavy atom. The van der Waals surface area contributed by atoms with Gasteiger partial charge in [0.15, 0.2) is 0 Å². The van der Waals surface area contributed by atoms with E-state index in [4.69, 9.17) is 5.11 Å². The Hall–Kier alpha value is -0.910. The molecule has 1 rings (SSSR count). The second-order valence-corrected chi connectivity index (χ2v) is 6.00. The van der Waals surface area contributed by atoms with Gasteiger partial charge in [-0.25, -0.2) is 9.59 Å². The highest BCUT2D eigenvalue weighted by molar-refractivity contribution is 7.98. The molecule has 110 valence electrons. The Morgan fingerprint density at radius 2 is 2.05 bits per heavy atom. The Kier molecular flexibility index (Phi) is 7.70. The zero-order valence-electron chi connectivity index (χ0n) is 11.5. The average Bonchev–Trinajstić information content (AvgIpc) is 2.87. The second-order valence-electron chi connectivity index (χ2n) is 5.01. The number of hydrogen-bond acceptors (Lipinski definition) is 3. The molecule has 1 saturated carbocycles. The molecule has 5 nitrogen and oxygen atoms in total. The van der Waals surface area contributed by atoms with E-state index in [0.29, 0.717) is 13.0 Å². The van der Waals surface area contributed by atoms with Crippen molar-refractivity contribution in [3.8, 4) is 0 Å². The molecule has 1 fully saturated rings. The van der Waals surface area contributed by atoms with Crippen LogP contribution in [0.1, 0.15) is 38.5 Å². The molecule has 0 saturated heterocycles. The minimum atomic E-state index is -0.972. The normalized spacial score (nSPS) is 17.1. The van der Waals surface area contributed by atoms with Crippen LogP contribution in [0, 0.1) is 5.92 Å². The Labute approximate surface area is 118 Å². The highest BCUT2D eigenvalue weighted by atomic mass is 32.2. The fourth-order valence-corrected chi connectivity index (χ4v) is 2.86. The number of carbonyl (C=O) groups is 2. The van der Waals surface area contributed by atoms with Crippen LogP contribution in [0.25, 0.3) is 0 Å². The molecule has 2 amide bonds. The third-order valence-electron chi connectivity index (χ3n) is 3.53. The number of rotatable bonds is 8. The predicted molar refractivity (Wildman–Crippen MR) is 77.5 cm³/mol. The quantitative estimate of drug-likeness (QED) is 0.639. The zero-order chi connectivity index (χ0) is 14.1. The first kappa shape index (κ1) is 16.1. The van der Waals surface area contributed by atoms with E-state index < -0.39 is 12.0 Å². The van der Waals surface area contributed by atoms with Gasteiger partial charge in [0.2, 0.25) is 0 Å². The Bertz CT molecular complexity index is 294. The largest absolute Gasteiger partial charge is 0.480 e. The number of carboxylic acids is 1. The van der Waals surface area contributed by atoms with Crippen molar-refractivity contribution in [3.63, 3.8) is 0 Å². The minimum Gasteiger partial charge on any atom is -0.480 e. The van der Waals surface area contributed by atoms with Crippen LogP contribution in [0.3, 0.4) is 0 Å². The molecule has 0 aromatic carbocycles. The van der Waals surface area contributed by atoms with Crippen LogP contribution in [0.2, 0.25) is 0 Å². The summed E-state index contributed by atoms with van der Waals surface area (Å²) in [6.45, 7) is 0.630. The van der Waals surface area contributed by atoms with Crippen molar-refractivity contribution in [1.29, 1.82) is 0 Å². The first-order valence-corrected chi connectivity index (χ1v) is 8.29. The Morgan fingerprint density at radius 3 is 2.63 bits per heavy atom. The van der Waals surface area contributed by atoms with Gasteiger partial charge in [-0.15, -0.1) is 0 Å². The monoisotopic (exact) mass is 288 g/mol. The van der Waals surface area contributed by atoms with Gasteiger partial charge in [-0.1, -0.05) is 25.7 Å². The fourth-order valence-electron chi connectivity index (χ4n) is 2.39. The Balaban J connectivity index is 2.17. The first-order chi connectivity index (χ1) is 9.13. The molecule has 1 aliphatic carbocycles. The smallest absolute Gasteiger partial charge is 0.326 e. The third kappa shape index (κ3) is 6.71. The van der Waals surface area contributed by atoms with E-state index in [1.165, 1.54) is 25.7 Å². The van der Waals surface area contributed by atoms with Gasteiger partial charge >= 0.3 is 12.0 Å². The maximum absolute atomic E-state index is 11.6. The standard InChI is InChI=1S/C13H24N2O3S/c1-19-9-7-11(12(16)17)15-13(18)14-8-6-10-4-2-3-5-10/h10-11H,2-9H2,1H3,(H,16,17)(H2,14,15,18)/t11-/m1/s1. The molecule has 0 aliphatic heterocycles. The average molecular weight is 288 g/mol. The van der Waals surface area contributed by atoms with E-state index in [0.717, 1.165) is 18.1 Å². The van der Waals surface area contributed by atoms with Gasteiger partial charge in [-0.2, -0.15) is 11.8 Å². The van der Waals surface area contributed by atoms with Gasteiger partial charge in [-0.05, 0) is 30.8 Å². The number of hydrogen-bond donors (Lipinski definition) is 3. The summed E-state index contributed by atoms with van der Waals surface area (Å²) >= 11 is 1.57. The van der Waals surface area contributed by atoms with E-state index in [1.54, 1.807) is 11.8 Å². The van der Waals surface area contributed by atoms with Crippen molar-refractivity contribution >= 4 is 23.8 Å². The summed E-state index contributed by atoms with van der Waals surface area (Å²) in [5, 5.41) is 14.3. The fraction of sp³-hybridized carbons (Fsp3) is 0.846. The SMILES string of the molecule is CSCC[C@@H](NC(=O)NCCC1CCCC1)C(=O)O. The van der Waals surface area contributed by atoms with Crippen LogP contribution in [-0.4, -0.2) is 41.7 Å². The van der Waals surface area contributed by atoms with Crippen LogP contribution < -0.4 is 10.6 Å². The molecule has 1 aliphatic rings. The number of thioether (sulfide) groups is 1. The summed E-state index contributed by atoms with van der Waals surface area (Å²) in [5.74, 6) is 0.478. The number of nitrogens with one attached hydrogen (secondary N) is 2. The molecule has 0 unspecified atom stereocenters. The lowest BCUT2D eigenvalue weighted by molar-refractivity contribution is -0.139. The molecule has 0 heterocycles. The molecule has 0 aromatic rings. The van der Waals surface area contributed by atoms with E-state index in [-0.39, 0.29) is 6.03 Å². The highest BCUT2D eigenvalue weighted by Crippen LogP contribution is 2.26. The summed E-state index contributed by atoms with van der Waals surface area (Å²) < 4.78 is 0. The predicted octanol–water partition coefficient (Wildman–Crippen LogP) is 2.07. The number of amides is 2.